The van der Waals surface area contributed by atoms with Gasteiger partial charge in [-0.2, -0.15) is 28.5 Å². The fraction of sp³-hybridized carbons (Fsp3) is 0.0556. The van der Waals surface area contributed by atoms with E-state index < -0.39 is 40.3 Å². The van der Waals surface area contributed by atoms with E-state index in [-0.39, 0.29) is 22.3 Å². The molecule has 0 aliphatic rings. The number of nitrogens with zero attached hydrogens (tertiary/aromatic N) is 7. The lowest BCUT2D eigenvalue weighted by Crippen LogP contribution is -2.21. The van der Waals surface area contributed by atoms with Crippen LogP contribution in [0.1, 0.15) is 16.1 Å². The van der Waals surface area contributed by atoms with E-state index in [1.165, 1.54) is 18.5 Å². The van der Waals surface area contributed by atoms with E-state index in [4.69, 9.17) is 28.9 Å². The first-order valence-corrected chi connectivity index (χ1v) is 9.93. The van der Waals surface area contributed by atoms with Gasteiger partial charge in [0.15, 0.2) is 23.1 Å². The van der Waals surface area contributed by atoms with Crippen molar-refractivity contribution in [3.8, 4) is 17.4 Å². The van der Waals surface area contributed by atoms with Crippen molar-refractivity contribution in [3.05, 3.63) is 64.4 Å². The molecule has 0 atom stereocenters. The normalized spacial score (nSPS) is 11.3. The molecule has 35 heavy (non-hydrogen) atoms. The number of primary amides is 1. The van der Waals surface area contributed by atoms with Gasteiger partial charge in [-0.25, -0.2) is 19.4 Å². The van der Waals surface area contributed by atoms with Gasteiger partial charge in [0.25, 0.3) is 5.91 Å². The van der Waals surface area contributed by atoms with Gasteiger partial charge in [0.05, 0.1) is 41.1 Å². The molecule has 4 aromatic heterocycles. The molecule has 0 unspecified atom stereocenters. The third-order valence-corrected chi connectivity index (χ3v) is 4.85. The minimum atomic E-state index is -5.07. The van der Waals surface area contributed by atoms with Crippen LogP contribution in [0.25, 0.3) is 11.6 Å². The maximum atomic E-state index is 14.0. The van der Waals surface area contributed by atoms with Gasteiger partial charge in [-0.05, 0) is 6.07 Å². The predicted octanol–water partition coefficient (Wildman–Crippen LogP) is 3.28. The number of hydrogen-bond acceptors (Lipinski definition) is 8. The van der Waals surface area contributed by atoms with Crippen molar-refractivity contribution >= 4 is 40.9 Å². The molecule has 3 N–H and O–H groups in total. The molecule has 0 radical (unpaired) electrons. The number of nitrogens with two attached hydrogens (primary N) is 1. The Morgan fingerprint density at radius 2 is 1.74 bits per heavy atom. The summed E-state index contributed by atoms with van der Waals surface area (Å²) in [6.07, 6.45) is -0.688. The Morgan fingerprint density at radius 3 is 2.37 bits per heavy atom. The second-order valence-corrected chi connectivity index (χ2v) is 7.27. The summed E-state index contributed by atoms with van der Waals surface area (Å²) in [6, 6.07) is 2.37. The number of hydrogen-bond donors (Lipinski definition) is 2. The Kier molecular flexibility index (Phi) is 6.27. The van der Waals surface area contributed by atoms with Gasteiger partial charge >= 0.3 is 12.3 Å². The molecule has 0 aliphatic heterocycles. The van der Waals surface area contributed by atoms with Crippen LogP contribution in [0, 0.1) is 0 Å². The van der Waals surface area contributed by atoms with Gasteiger partial charge in [-0.3, -0.25) is 4.79 Å². The maximum Gasteiger partial charge on any atom is 0.434 e. The third-order valence-electron chi connectivity index (χ3n) is 4.22. The highest BCUT2D eigenvalue weighted by atomic mass is 35.5. The zero-order chi connectivity index (χ0) is 25.3. The third kappa shape index (κ3) is 4.85. The van der Waals surface area contributed by atoms with Crippen LogP contribution in [0.15, 0.2) is 43.1 Å². The summed E-state index contributed by atoms with van der Waals surface area (Å²) in [5.41, 5.74) is 2.57. The second-order valence-electron chi connectivity index (χ2n) is 6.49. The van der Waals surface area contributed by atoms with Crippen molar-refractivity contribution in [2.45, 2.75) is 6.18 Å². The fourth-order valence-electron chi connectivity index (χ4n) is 2.87. The van der Waals surface area contributed by atoms with Crippen LogP contribution in [0.2, 0.25) is 10.0 Å². The molecule has 0 spiro atoms. The molecule has 12 nitrogen and oxygen atoms in total. The van der Waals surface area contributed by atoms with Crippen molar-refractivity contribution in [1.82, 2.24) is 34.7 Å². The number of alkyl halides is 3. The number of anilines is 1. The molecule has 0 aromatic carbocycles. The lowest BCUT2D eigenvalue weighted by molar-refractivity contribution is -0.143. The zero-order valence-corrected chi connectivity index (χ0v) is 18.4. The smallest absolute Gasteiger partial charge is 0.409 e. The average molecular weight is 528 g/mol. The summed E-state index contributed by atoms with van der Waals surface area (Å²) < 4.78 is 46.9. The van der Waals surface area contributed by atoms with Crippen LogP contribution in [-0.4, -0.2) is 46.7 Å². The first kappa shape index (κ1) is 23.9. The Morgan fingerprint density at radius 1 is 1.03 bits per heavy atom. The molecular weight excluding hydrogens is 518 g/mol. The van der Waals surface area contributed by atoms with Gasteiger partial charge in [0.1, 0.15) is 5.02 Å². The number of pyridine rings is 2. The number of carbonyl (C=O) groups is 2. The minimum absolute atomic E-state index is 0.00945. The highest BCUT2D eigenvalue weighted by Crippen LogP contribution is 2.37. The highest BCUT2D eigenvalue weighted by molar-refractivity contribution is 6.33. The molecule has 4 aromatic rings. The summed E-state index contributed by atoms with van der Waals surface area (Å²) >= 11 is 12.2. The van der Waals surface area contributed by atoms with Crippen LogP contribution in [0.4, 0.5) is 23.7 Å². The lowest BCUT2D eigenvalue weighted by Gasteiger charge is -2.14. The summed E-state index contributed by atoms with van der Waals surface area (Å²) in [5, 5.41) is 13.2. The molecule has 4 rings (SSSR count). The fourth-order valence-corrected chi connectivity index (χ4v) is 3.34. The van der Waals surface area contributed by atoms with E-state index in [0.717, 1.165) is 23.3 Å². The zero-order valence-electron chi connectivity index (χ0n) is 16.9. The van der Waals surface area contributed by atoms with Crippen molar-refractivity contribution in [1.29, 1.82) is 0 Å². The van der Waals surface area contributed by atoms with E-state index in [0.29, 0.717) is 10.9 Å². The Labute approximate surface area is 202 Å². The van der Waals surface area contributed by atoms with Crippen LogP contribution < -0.4 is 15.8 Å². The monoisotopic (exact) mass is 527 g/mol. The van der Waals surface area contributed by atoms with Gasteiger partial charge in [-0.15, -0.1) is 4.80 Å². The molecule has 180 valence electrons. The number of halogens is 5. The lowest BCUT2D eigenvalue weighted by atomic mass is 10.2. The second kappa shape index (κ2) is 9.19. The van der Waals surface area contributed by atoms with Gasteiger partial charge in [0.2, 0.25) is 0 Å². The summed E-state index contributed by atoms with van der Waals surface area (Å²) in [5.74, 6) is -1.95. The molecule has 0 saturated carbocycles. The highest BCUT2D eigenvalue weighted by Gasteiger charge is 2.41. The maximum absolute atomic E-state index is 14.0. The molecule has 0 saturated heterocycles. The van der Waals surface area contributed by atoms with Crippen molar-refractivity contribution < 1.29 is 27.5 Å². The van der Waals surface area contributed by atoms with Gasteiger partial charge in [-0.1, -0.05) is 23.2 Å². The molecule has 0 fully saturated rings. The first-order valence-electron chi connectivity index (χ1n) is 9.17. The average Bonchev–Trinajstić information content (AvgIpc) is 3.45. The Balaban J connectivity index is 1.70. The van der Waals surface area contributed by atoms with E-state index in [2.05, 4.69) is 35.3 Å². The predicted molar refractivity (Wildman–Crippen MR) is 114 cm³/mol. The van der Waals surface area contributed by atoms with E-state index in [1.54, 1.807) is 0 Å². The van der Waals surface area contributed by atoms with Crippen LogP contribution in [0.5, 0.6) is 5.75 Å². The standard InChI is InChI=1S/C18H10Cl2F3N9O3/c19-10-5-8(6-26-14(10)32-27-3-4-28-32)30-16(33)9-7-29-31(13(9)18(21,22)23)15-12(20)11(1-2-25-15)35-17(24)34/h1-7H,(H2,24,34)(H,30,33). The molecule has 0 bridgehead atoms. The molecule has 0 aliphatic carbocycles. The number of aromatic nitrogens is 7. The quantitative estimate of drug-likeness (QED) is 0.400. The molecule has 17 heteroatoms. The molecule has 2 amide bonds. The van der Waals surface area contributed by atoms with Crippen LogP contribution in [0.3, 0.4) is 0 Å². The van der Waals surface area contributed by atoms with Crippen LogP contribution in [-0.2, 0) is 6.18 Å². The van der Waals surface area contributed by atoms with Gasteiger partial charge in [0, 0.05) is 12.3 Å². The van der Waals surface area contributed by atoms with E-state index in [9.17, 15) is 22.8 Å². The topological polar surface area (TPSA) is 156 Å². The molecule has 4 heterocycles. The summed E-state index contributed by atoms with van der Waals surface area (Å²) in [7, 11) is 0. The SMILES string of the molecule is NC(=O)Oc1ccnc(-n2ncc(C(=O)Nc3cnc(-n4nccn4)c(Cl)c3)c2C(F)(F)F)c1Cl. The van der Waals surface area contributed by atoms with E-state index >= 15 is 0 Å². The first-order chi connectivity index (χ1) is 16.6. The van der Waals surface area contributed by atoms with Gasteiger partial charge < -0.3 is 15.8 Å². The van der Waals surface area contributed by atoms with Crippen molar-refractivity contribution in [2.75, 3.05) is 5.32 Å². The van der Waals surface area contributed by atoms with Crippen molar-refractivity contribution in [3.63, 3.8) is 0 Å². The largest absolute Gasteiger partial charge is 0.434 e. The number of carbonyl (C=O) groups excluding carboxylic acids is 2. The Hall–Kier alpha value is -4.24. The molecular formula is C18H10Cl2F3N9O3. The number of ether oxygens (including phenoxy) is 1. The number of rotatable bonds is 5. The number of amides is 2. The minimum Gasteiger partial charge on any atom is -0.409 e. The van der Waals surface area contributed by atoms with E-state index in [1.807, 2.05) is 0 Å². The van der Waals surface area contributed by atoms with Crippen molar-refractivity contribution in [2.24, 2.45) is 5.73 Å². The summed E-state index contributed by atoms with van der Waals surface area (Å²) in [6.45, 7) is 0. The Bertz CT molecular complexity index is 1420. The van der Waals surface area contributed by atoms with Crippen LogP contribution >= 0.6 is 23.2 Å². The summed E-state index contributed by atoms with van der Waals surface area (Å²) in [4.78, 5) is 32.6. The number of nitrogens with one attached hydrogen (secondary N) is 1.